The predicted octanol–water partition coefficient (Wildman–Crippen LogP) is 4.86. The number of aromatic nitrogens is 1. The van der Waals surface area contributed by atoms with Crippen molar-refractivity contribution in [2.45, 2.75) is 11.8 Å². The van der Waals surface area contributed by atoms with Crippen molar-refractivity contribution >= 4 is 48.3 Å². The third-order valence-corrected chi connectivity index (χ3v) is 7.41. The van der Waals surface area contributed by atoms with Crippen LogP contribution in [0.4, 0.5) is 24.0 Å². The van der Waals surface area contributed by atoms with E-state index in [1.54, 1.807) is 30.3 Å². The molecule has 6 nitrogen and oxygen atoms in total. The topological polar surface area (TPSA) is 79.4 Å². The van der Waals surface area contributed by atoms with Crippen LogP contribution in [0.15, 0.2) is 65.6 Å². The van der Waals surface area contributed by atoms with Crippen molar-refractivity contribution in [2.24, 2.45) is 0 Å². The van der Waals surface area contributed by atoms with Crippen LogP contribution >= 0.6 is 11.3 Å². The van der Waals surface area contributed by atoms with Crippen molar-refractivity contribution in [3.8, 4) is 0 Å². The van der Waals surface area contributed by atoms with Gasteiger partial charge in [-0.15, -0.1) is 0 Å². The third-order valence-electron chi connectivity index (χ3n) is 4.71. The molecule has 4 aromatic rings. The average molecular weight is 492 g/mol. The summed E-state index contributed by atoms with van der Waals surface area (Å²) in [6, 6.07) is 15.0. The Morgan fingerprint density at radius 2 is 1.70 bits per heavy atom. The highest BCUT2D eigenvalue weighted by molar-refractivity contribution is 7.92. The molecule has 0 saturated heterocycles. The van der Waals surface area contributed by atoms with E-state index in [4.69, 9.17) is 0 Å². The summed E-state index contributed by atoms with van der Waals surface area (Å²) >= 11 is 0.733. The Morgan fingerprint density at radius 3 is 2.36 bits per heavy atom. The lowest BCUT2D eigenvalue weighted by molar-refractivity contribution is -0.114. The maximum absolute atomic E-state index is 13.9. The van der Waals surface area contributed by atoms with Crippen LogP contribution in [0.1, 0.15) is 5.56 Å². The number of nitrogens with zero attached hydrogens (tertiary/aromatic N) is 2. The Labute approximate surface area is 191 Å². The second-order valence-corrected chi connectivity index (χ2v) is 9.95. The zero-order valence-electron chi connectivity index (χ0n) is 17.1. The standard InChI is InChI=1S/C22H16F3N3O3S2/c1-13-7-9-15(10-8-13)33(30,31)28(14-5-3-2-4-6-14)12-18(29)26-22-27-21-17(32-22)11-16(23)19(24)20(21)25/h2-11H,12H2,1H3,(H,26,27,29). The molecule has 11 heteroatoms. The Hall–Kier alpha value is -3.44. The van der Waals surface area contributed by atoms with E-state index in [2.05, 4.69) is 10.3 Å². The summed E-state index contributed by atoms with van der Waals surface area (Å²) in [5.74, 6) is -5.27. The van der Waals surface area contributed by atoms with Crippen LogP contribution < -0.4 is 9.62 Å². The van der Waals surface area contributed by atoms with Crippen molar-refractivity contribution < 1.29 is 26.4 Å². The molecule has 1 N–H and O–H groups in total. The lowest BCUT2D eigenvalue weighted by Gasteiger charge is -2.24. The van der Waals surface area contributed by atoms with E-state index < -0.39 is 45.4 Å². The number of nitrogens with one attached hydrogen (secondary N) is 1. The summed E-state index contributed by atoms with van der Waals surface area (Å²) in [4.78, 5) is 16.5. The molecule has 0 fully saturated rings. The molecule has 3 aromatic carbocycles. The van der Waals surface area contributed by atoms with Gasteiger partial charge in [-0.25, -0.2) is 26.6 Å². The van der Waals surface area contributed by atoms with Crippen LogP contribution in [0, 0.1) is 24.4 Å². The second-order valence-electron chi connectivity index (χ2n) is 7.06. The van der Waals surface area contributed by atoms with Crippen molar-refractivity contribution in [3.05, 3.63) is 83.7 Å². The molecule has 0 bridgehead atoms. The highest BCUT2D eigenvalue weighted by Crippen LogP contribution is 2.31. The van der Waals surface area contributed by atoms with E-state index in [0.717, 1.165) is 27.3 Å². The number of fused-ring (bicyclic) bond motifs is 1. The van der Waals surface area contributed by atoms with Gasteiger partial charge in [0, 0.05) is 0 Å². The maximum Gasteiger partial charge on any atom is 0.264 e. The number of para-hydroxylation sites is 1. The molecule has 33 heavy (non-hydrogen) atoms. The number of carbonyl (C=O) groups excluding carboxylic acids is 1. The smallest absolute Gasteiger partial charge is 0.264 e. The maximum atomic E-state index is 13.9. The fourth-order valence-corrected chi connectivity index (χ4v) is 5.39. The van der Waals surface area contributed by atoms with Crippen molar-refractivity contribution in [3.63, 3.8) is 0 Å². The molecule has 0 aliphatic rings. The minimum atomic E-state index is -4.10. The van der Waals surface area contributed by atoms with E-state index in [1.165, 1.54) is 24.3 Å². The number of sulfonamides is 1. The summed E-state index contributed by atoms with van der Waals surface area (Å²) in [5, 5.41) is 2.26. The van der Waals surface area contributed by atoms with Gasteiger partial charge >= 0.3 is 0 Å². The summed E-state index contributed by atoms with van der Waals surface area (Å²) in [6.45, 7) is 1.21. The number of anilines is 2. The van der Waals surface area contributed by atoms with Gasteiger partial charge in [0.2, 0.25) is 5.91 Å². The fraction of sp³-hybridized carbons (Fsp3) is 0.0909. The van der Waals surface area contributed by atoms with Gasteiger partial charge < -0.3 is 5.32 Å². The molecule has 1 aromatic heterocycles. The largest absolute Gasteiger partial charge is 0.300 e. The van der Waals surface area contributed by atoms with Gasteiger partial charge in [-0.3, -0.25) is 9.10 Å². The first-order chi connectivity index (χ1) is 15.7. The van der Waals surface area contributed by atoms with Crippen LogP contribution in [0.3, 0.4) is 0 Å². The SMILES string of the molecule is Cc1ccc(S(=O)(=O)N(CC(=O)Nc2nc3c(F)c(F)c(F)cc3s2)c2ccccc2)cc1. The first-order valence-electron chi connectivity index (χ1n) is 9.55. The summed E-state index contributed by atoms with van der Waals surface area (Å²) in [5.41, 5.74) is 0.697. The quantitative estimate of drug-likeness (QED) is 0.391. The summed E-state index contributed by atoms with van der Waals surface area (Å²) in [6.07, 6.45) is 0. The second kappa shape index (κ2) is 8.83. The zero-order chi connectivity index (χ0) is 23.8. The number of aryl methyl sites for hydroxylation is 1. The molecule has 0 atom stereocenters. The van der Waals surface area contributed by atoms with Gasteiger partial charge in [0.05, 0.1) is 15.3 Å². The number of halogens is 3. The van der Waals surface area contributed by atoms with Crippen LogP contribution in [-0.2, 0) is 14.8 Å². The Balaban J connectivity index is 1.64. The number of benzene rings is 3. The number of thiazole rings is 1. The molecular formula is C22H16F3N3O3S2. The van der Waals surface area contributed by atoms with Crippen LogP contribution in [-0.4, -0.2) is 25.9 Å². The molecule has 0 saturated carbocycles. The number of amides is 1. The van der Waals surface area contributed by atoms with E-state index in [9.17, 15) is 26.4 Å². The normalized spacial score (nSPS) is 11.5. The van der Waals surface area contributed by atoms with Crippen LogP contribution in [0.2, 0.25) is 0 Å². The van der Waals surface area contributed by atoms with Gasteiger partial charge in [0.15, 0.2) is 22.6 Å². The number of hydrogen-bond donors (Lipinski definition) is 1. The van der Waals surface area contributed by atoms with E-state index in [1.807, 2.05) is 6.92 Å². The Bertz CT molecular complexity index is 1440. The van der Waals surface area contributed by atoms with Crippen LogP contribution in [0.25, 0.3) is 10.2 Å². The molecular weight excluding hydrogens is 475 g/mol. The lowest BCUT2D eigenvalue weighted by Crippen LogP contribution is -2.38. The average Bonchev–Trinajstić information content (AvgIpc) is 3.19. The minimum Gasteiger partial charge on any atom is -0.300 e. The molecule has 1 amide bonds. The molecule has 170 valence electrons. The van der Waals surface area contributed by atoms with Gasteiger partial charge in [0.1, 0.15) is 12.1 Å². The number of rotatable bonds is 6. The number of hydrogen-bond acceptors (Lipinski definition) is 5. The van der Waals surface area contributed by atoms with Gasteiger partial charge in [-0.1, -0.05) is 47.2 Å². The lowest BCUT2D eigenvalue weighted by atomic mass is 10.2. The highest BCUT2D eigenvalue weighted by atomic mass is 32.2. The zero-order valence-corrected chi connectivity index (χ0v) is 18.7. The van der Waals surface area contributed by atoms with E-state index in [0.29, 0.717) is 0 Å². The Kier molecular flexibility index (Phi) is 6.09. The summed E-state index contributed by atoms with van der Waals surface area (Å²) in [7, 11) is -4.10. The molecule has 0 unspecified atom stereocenters. The van der Waals surface area contributed by atoms with Crippen molar-refractivity contribution in [2.75, 3.05) is 16.2 Å². The number of carbonyl (C=O) groups is 1. The van der Waals surface area contributed by atoms with E-state index in [-0.39, 0.29) is 20.4 Å². The Morgan fingerprint density at radius 1 is 1.03 bits per heavy atom. The molecule has 0 spiro atoms. The van der Waals surface area contributed by atoms with Crippen molar-refractivity contribution in [1.82, 2.24) is 4.98 Å². The monoisotopic (exact) mass is 491 g/mol. The first kappa shape index (κ1) is 22.7. The molecule has 1 heterocycles. The molecule has 0 aliphatic heterocycles. The fourth-order valence-electron chi connectivity index (χ4n) is 3.06. The molecule has 0 aliphatic carbocycles. The first-order valence-corrected chi connectivity index (χ1v) is 11.8. The predicted molar refractivity (Wildman–Crippen MR) is 120 cm³/mol. The van der Waals surface area contributed by atoms with E-state index >= 15 is 0 Å². The molecule has 0 radical (unpaired) electrons. The third kappa shape index (κ3) is 4.55. The van der Waals surface area contributed by atoms with Crippen molar-refractivity contribution in [1.29, 1.82) is 0 Å². The minimum absolute atomic E-state index is 0.00207. The van der Waals surface area contributed by atoms with Crippen LogP contribution in [0.5, 0.6) is 0 Å². The summed E-state index contributed by atoms with van der Waals surface area (Å²) < 4.78 is 68.4. The van der Waals surface area contributed by atoms with Gasteiger partial charge in [-0.2, -0.15) is 0 Å². The highest BCUT2D eigenvalue weighted by Gasteiger charge is 2.27. The molecule has 4 rings (SSSR count). The van der Waals surface area contributed by atoms with Gasteiger partial charge in [0.25, 0.3) is 10.0 Å². The van der Waals surface area contributed by atoms with Gasteiger partial charge in [-0.05, 0) is 37.3 Å².